The number of hydrogen-bond acceptors (Lipinski definition) is 3. The molecule has 0 saturated heterocycles. The Morgan fingerprint density at radius 3 is 2.88 bits per heavy atom. The number of hydrogen-bond donors (Lipinski definition) is 3. The zero-order valence-corrected chi connectivity index (χ0v) is 10.6. The van der Waals surface area contributed by atoms with Crippen LogP contribution in [0.3, 0.4) is 0 Å². The minimum atomic E-state index is -0.568. The van der Waals surface area contributed by atoms with E-state index in [1.54, 1.807) is 6.92 Å². The van der Waals surface area contributed by atoms with Gasteiger partial charge in [0, 0.05) is 6.04 Å². The monoisotopic (exact) mass is 241 g/mol. The molecule has 1 fully saturated rings. The summed E-state index contributed by atoms with van der Waals surface area (Å²) in [6.45, 7) is 3.83. The molecule has 0 aromatic heterocycles. The van der Waals surface area contributed by atoms with Crippen LogP contribution in [0.5, 0.6) is 0 Å². The van der Waals surface area contributed by atoms with Crippen LogP contribution in [0, 0.1) is 11.8 Å². The number of carbonyl (C=O) groups is 1. The quantitative estimate of drug-likeness (QED) is 0.301. The lowest BCUT2D eigenvalue weighted by atomic mass is 9.84. The number of oxime groups is 1. The molecule has 1 amide bonds. The van der Waals surface area contributed by atoms with Crippen LogP contribution < -0.4 is 11.1 Å². The number of nitrogens with one attached hydrogen (secondary N) is 1. The molecule has 5 heteroatoms. The first-order valence-electron chi connectivity index (χ1n) is 6.36. The maximum absolute atomic E-state index is 11.8. The summed E-state index contributed by atoms with van der Waals surface area (Å²) in [5.74, 6) is -0.0392. The lowest BCUT2D eigenvalue weighted by Crippen LogP contribution is -2.44. The average Bonchev–Trinajstić information content (AvgIpc) is 2.37. The number of carbonyl (C=O) groups excluding carboxylic acids is 1. The lowest BCUT2D eigenvalue weighted by molar-refractivity contribution is -0.123. The normalized spacial score (nSPS) is 27.5. The average molecular weight is 241 g/mol. The van der Waals surface area contributed by atoms with E-state index in [1.165, 1.54) is 19.3 Å². The molecule has 0 aromatic rings. The van der Waals surface area contributed by atoms with Crippen LogP contribution in [-0.4, -0.2) is 23.0 Å². The van der Waals surface area contributed by atoms with E-state index in [4.69, 9.17) is 10.9 Å². The molecule has 17 heavy (non-hydrogen) atoms. The zero-order chi connectivity index (χ0) is 12.8. The Kier molecular flexibility index (Phi) is 5.25. The van der Waals surface area contributed by atoms with Crippen molar-refractivity contribution in [2.24, 2.45) is 22.7 Å². The molecule has 5 nitrogen and oxygen atoms in total. The van der Waals surface area contributed by atoms with Gasteiger partial charge in [0.15, 0.2) is 5.84 Å². The molecule has 1 saturated carbocycles. The highest BCUT2D eigenvalue weighted by atomic mass is 16.4. The number of nitrogens with zero attached hydrogens (tertiary/aromatic N) is 1. The summed E-state index contributed by atoms with van der Waals surface area (Å²) in [5, 5.41) is 14.4. The number of nitrogens with two attached hydrogens (primary N) is 1. The van der Waals surface area contributed by atoms with Gasteiger partial charge in [-0.1, -0.05) is 31.3 Å². The second kappa shape index (κ2) is 6.47. The molecule has 0 radical (unpaired) electrons. The summed E-state index contributed by atoms with van der Waals surface area (Å²) in [5.41, 5.74) is 5.42. The van der Waals surface area contributed by atoms with Crippen molar-refractivity contribution in [3.8, 4) is 0 Å². The van der Waals surface area contributed by atoms with Crippen LogP contribution in [0.1, 0.15) is 46.0 Å². The van der Waals surface area contributed by atoms with E-state index in [1.807, 2.05) is 0 Å². The van der Waals surface area contributed by atoms with Crippen LogP contribution in [0.4, 0.5) is 0 Å². The van der Waals surface area contributed by atoms with Crippen molar-refractivity contribution in [1.29, 1.82) is 0 Å². The van der Waals surface area contributed by atoms with Gasteiger partial charge in [0.25, 0.3) is 0 Å². The first kappa shape index (κ1) is 13.8. The Morgan fingerprint density at radius 1 is 1.59 bits per heavy atom. The van der Waals surface area contributed by atoms with Crippen molar-refractivity contribution in [2.75, 3.05) is 0 Å². The van der Waals surface area contributed by atoms with E-state index in [9.17, 15) is 4.79 Å². The molecule has 1 rings (SSSR count). The summed E-state index contributed by atoms with van der Waals surface area (Å²) >= 11 is 0. The third kappa shape index (κ3) is 3.91. The Hall–Kier alpha value is -1.26. The Bertz CT molecular complexity index is 291. The minimum absolute atomic E-state index is 0.0367. The molecule has 0 spiro atoms. The molecule has 3 atom stereocenters. The number of amides is 1. The van der Waals surface area contributed by atoms with Gasteiger partial charge in [-0.2, -0.15) is 0 Å². The topological polar surface area (TPSA) is 87.7 Å². The van der Waals surface area contributed by atoms with Gasteiger partial charge in [-0.3, -0.25) is 4.79 Å². The van der Waals surface area contributed by atoms with E-state index in [0.29, 0.717) is 5.92 Å². The predicted octanol–water partition coefficient (Wildman–Crippen LogP) is 1.45. The fourth-order valence-electron chi connectivity index (χ4n) is 2.34. The summed E-state index contributed by atoms with van der Waals surface area (Å²) < 4.78 is 0. The maximum Gasteiger partial charge on any atom is 0.230 e. The summed E-state index contributed by atoms with van der Waals surface area (Å²) in [4.78, 5) is 11.8. The molecular formula is C12H23N3O2. The largest absolute Gasteiger partial charge is 0.409 e. The molecular weight excluding hydrogens is 218 g/mol. The molecule has 0 aromatic carbocycles. The van der Waals surface area contributed by atoms with E-state index >= 15 is 0 Å². The second-order valence-electron chi connectivity index (χ2n) is 4.89. The molecule has 98 valence electrons. The molecule has 4 N–H and O–H groups in total. The van der Waals surface area contributed by atoms with Gasteiger partial charge in [0.1, 0.15) is 0 Å². The first-order valence-corrected chi connectivity index (χ1v) is 6.36. The molecule has 0 aliphatic heterocycles. The molecule has 1 aliphatic carbocycles. The van der Waals surface area contributed by atoms with E-state index in [-0.39, 0.29) is 17.8 Å². The third-order valence-electron chi connectivity index (χ3n) is 3.66. The molecule has 3 unspecified atom stereocenters. The maximum atomic E-state index is 11.8. The summed E-state index contributed by atoms with van der Waals surface area (Å²) in [6, 6.07) is 0.246. The van der Waals surface area contributed by atoms with Crippen LogP contribution in [0.25, 0.3) is 0 Å². The van der Waals surface area contributed by atoms with Crippen LogP contribution >= 0.6 is 0 Å². The van der Waals surface area contributed by atoms with Crippen LogP contribution in [-0.2, 0) is 4.79 Å². The Labute approximate surface area is 102 Å². The Balaban J connectivity index is 2.45. The second-order valence-corrected chi connectivity index (χ2v) is 4.89. The first-order chi connectivity index (χ1) is 8.08. The van der Waals surface area contributed by atoms with Gasteiger partial charge in [0.05, 0.1) is 5.92 Å². The number of amidine groups is 1. The minimum Gasteiger partial charge on any atom is -0.409 e. The van der Waals surface area contributed by atoms with E-state index in [2.05, 4.69) is 17.4 Å². The molecule has 0 heterocycles. The van der Waals surface area contributed by atoms with Gasteiger partial charge in [-0.25, -0.2) is 0 Å². The SMILES string of the molecule is CCC1CCCC(NC(=O)C(C)C(N)=NO)C1. The van der Waals surface area contributed by atoms with Gasteiger partial charge >= 0.3 is 0 Å². The molecule has 0 bridgehead atoms. The molecule has 1 aliphatic rings. The van der Waals surface area contributed by atoms with E-state index in [0.717, 1.165) is 12.8 Å². The third-order valence-corrected chi connectivity index (χ3v) is 3.66. The standard InChI is InChI=1S/C12H23N3O2/c1-3-9-5-4-6-10(7-9)14-12(16)8(2)11(13)15-17/h8-10,17H,3-7H2,1-2H3,(H2,13,15)(H,14,16). The lowest BCUT2D eigenvalue weighted by Gasteiger charge is -2.29. The van der Waals surface area contributed by atoms with Crippen LogP contribution in [0.15, 0.2) is 5.16 Å². The summed E-state index contributed by atoms with van der Waals surface area (Å²) in [6.07, 6.45) is 5.68. The van der Waals surface area contributed by atoms with Crippen molar-refractivity contribution >= 4 is 11.7 Å². The summed E-state index contributed by atoms with van der Waals surface area (Å²) in [7, 11) is 0. The highest BCUT2D eigenvalue weighted by molar-refractivity contribution is 6.01. The smallest absolute Gasteiger partial charge is 0.230 e. The van der Waals surface area contributed by atoms with Crippen LogP contribution in [0.2, 0.25) is 0 Å². The fourth-order valence-corrected chi connectivity index (χ4v) is 2.34. The van der Waals surface area contributed by atoms with Crippen molar-refractivity contribution < 1.29 is 10.0 Å². The van der Waals surface area contributed by atoms with Crippen molar-refractivity contribution in [3.05, 3.63) is 0 Å². The fraction of sp³-hybridized carbons (Fsp3) is 0.833. The van der Waals surface area contributed by atoms with Crippen molar-refractivity contribution in [2.45, 2.75) is 52.0 Å². The van der Waals surface area contributed by atoms with Gasteiger partial charge in [0.2, 0.25) is 5.91 Å². The highest BCUT2D eigenvalue weighted by Gasteiger charge is 2.25. The van der Waals surface area contributed by atoms with Gasteiger partial charge in [-0.05, 0) is 25.7 Å². The van der Waals surface area contributed by atoms with E-state index < -0.39 is 5.92 Å². The predicted molar refractivity (Wildman–Crippen MR) is 66.8 cm³/mol. The van der Waals surface area contributed by atoms with Crippen molar-refractivity contribution in [3.63, 3.8) is 0 Å². The van der Waals surface area contributed by atoms with Gasteiger partial charge in [-0.15, -0.1) is 0 Å². The Morgan fingerprint density at radius 2 is 2.29 bits per heavy atom. The highest BCUT2D eigenvalue weighted by Crippen LogP contribution is 2.26. The van der Waals surface area contributed by atoms with Gasteiger partial charge < -0.3 is 16.3 Å². The zero-order valence-electron chi connectivity index (χ0n) is 10.6. The van der Waals surface area contributed by atoms with Crippen molar-refractivity contribution in [1.82, 2.24) is 5.32 Å². The number of rotatable bonds is 4.